The van der Waals surface area contributed by atoms with Gasteiger partial charge in [0, 0.05) is 6.04 Å². The van der Waals surface area contributed by atoms with E-state index in [0.29, 0.717) is 23.8 Å². The van der Waals surface area contributed by atoms with Crippen molar-refractivity contribution in [3.8, 4) is 0 Å². The first-order valence-electron chi connectivity index (χ1n) is 6.54. The van der Waals surface area contributed by atoms with Crippen LogP contribution in [0.5, 0.6) is 0 Å². The number of nitrogens with one attached hydrogen (secondary N) is 1. The number of hydrogen-bond donors (Lipinski definition) is 2. The quantitative estimate of drug-likeness (QED) is 0.863. The molecule has 0 saturated heterocycles. The summed E-state index contributed by atoms with van der Waals surface area (Å²) in [6, 6.07) is 3.71. The molecule has 4 nitrogen and oxygen atoms in total. The third-order valence-electron chi connectivity index (χ3n) is 3.90. The van der Waals surface area contributed by atoms with Crippen molar-refractivity contribution >= 4 is 5.97 Å². The van der Waals surface area contributed by atoms with Crippen molar-refractivity contribution in [1.29, 1.82) is 0 Å². The van der Waals surface area contributed by atoms with Gasteiger partial charge in [-0.25, -0.2) is 4.79 Å². The van der Waals surface area contributed by atoms with Gasteiger partial charge in [-0.05, 0) is 30.4 Å². The molecule has 0 aromatic carbocycles. The number of furan rings is 1. The van der Waals surface area contributed by atoms with Gasteiger partial charge >= 0.3 is 5.97 Å². The summed E-state index contributed by atoms with van der Waals surface area (Å²) in [4.78, 5) is 10.7. The molecular formula is C14H21NO3. The van der Waals surface area contributed by atoms with Crippen LogP contribution in [0.15, 0.2) is 16.5 Å². The van der Waals surface area contributed by atoms with E-state index in [0.717, 1.165) is 0 Å². The minimum Gasteiger partial charge on any atom is -0.475 e. The molecule has 1 fully saturated rings. The van der Waals surface area contributed by atoms with Gasteiger partial charge < -0.3 is 14.8 Å². The monoisotopic (exact) mass is 251 g/mol. The van der Waals surface area contributed by atoms with Crippen LogP contribution in [-0.4, -0.2) is 17.1 Å². The Balaban J connectivity index is 1.92. The molecule has 100 valence electrons. The van der Waals surface area contributed by atoms with Crippen LogP contribution in [0.2, 0.25) is 0 Å². The average molecular weight is 251 g/mol. The summed E-state index contributed by atoms with van der Waals surface area (Å²) < 4.78 is 5.24. The number of aromatic carboxylic acids is 1. The van der Waals surface area contributed by atoms with Gasteiger partial charge in [-0.15, -0.1) is 0 Å². The Bertz CT molecular complexity index is 422. The minimum atomic E-state index is -1.01. The SMILES string of the molecule is CC1(C)CCCCC1NCc1ccc(C(=O)O)o1. The second-order valence-electron chi connectivity index (χ2n) is 5.74. The fourth-order valence-electron chi connectivity index (χ4n) is 2.68. The Morgan fingerprint density at radius 3 is 2.89 bits per heavy atom. The van der Waals surface area contributed by atoms with Crippen LogP contribution in [0.25, 0.3) is 0 Å². The maximum absolute atomic E-state index is 10.7. The van der Waals surface area contributed by atoms with Crippen LogP contribution < -0.4 is 5.32 Å². The van der Waals surface area contributed by atoms with Gasteiger partial charge in [0.05, 0.1) is 6.54 Å². The first-order chi connectivity index (χ1) is 8.49. The van der Waals surface area contributed by atoms with Crippen LogP contribution in [0.4, 0.5) is 0 Å². The highest BCUT2D eigenvalue weighted by Crippen LogP contribution is 2.35. The van der Waals surface area contributed by atoms with Gasteiger partial charge in [-0.1, -0.05) is 26.7 Å². The van der Waals surface area contributed by atoms with Crippen molar-refractivity contribution in [3.05, 3.63) is 23.7 Å². The topological polar surface area (TPSA) is 62.5 Å². The van der Waals surface area contributed by atoms with Crippen molar-refractivity contribution < 1.29 is 14.3 Å². The van der Waals surface area contributed by atoms with E-state index in [1.807, 2.05) is 0 Å². The molecule has 0 amide bonds. The fourth-order valence-corrected chi connectivity index (χ4v) is 2.68. The second-order valence-corrected chi connectivity index (χ2v) is 5.74. The van der Waals surface area contributed by atoms with Gasteiger partial charge in [0.15, 0.2) is 0 Å². The van der Waals surface area contributed by atoms with E-state index in [-0.39, 0.29) is 5.76 Å². The van der Waals surface area contributed by atoms with Gasteiger partial charge in [0.2, 0.25) is 5.76 Å². The molecule has 0 spiro atoms. The molecule has 2 N–H and O–H groups in total. The van der Waals surface area contributed by atoms with E-state index in [1.54, 1.807) is 6.07 Å². The molecule has 4 heteroatoms. The lowest BCUT2D eigenvalue weighted by Gasteiger charge is -2.39. The van der Waals surface area contributed by atoms with Crippen LogP contribution in [0.3, 0.4) is 0 Å². The van der Waals surface area contributed by atoms with E-state index in [9.17, 15) is 4.79 Å². The molecule has 2 rings (SSSR count). The first-order valence-corrected chi connectivity index (χ1v) is 6.54. The van der Waals surface area contributed by atoms with Crippen LogP contribution in [-0.2, 0) is 6.54 Å². The van der Waals surface area contributed by atoms with Gasteiger partial charge in [-0.2, -0.15) is 0 Å². The standard InChI is InChI=1S/C14H21NO3/c1-14(2)8-4-3-5-12(14)15-9-10-6-7-11(18-10)13(16)17/h6-7,12,15H,3-5,8-9H2,1-2H3,(H,16,17). The van der Waals surface area contributed by atoms with Crippen molar-refractivity contribution in [2.24, 2.45) is 5.41 Å². The summed E-state index contributed by atoms with van der Waals surface area (Å²) in [5.74, 6) is -0.317. The largest absolute Gasteiger partial charge is 0.475 e. The van der Waals surface area contributed by atoms with Crippen LogP contribution in [0, 0.1) is 5.41 Å². The molecule has 1 atom stereocenters. The maximum atomic E-state index is 10.7. The normalized spacial score (nSPS) is 22.9. The Labute approximate surface area is 107 Å². The maximum Gasteiger partial charge on any atom is 0.371 e. The molecule has 1 saturated carbocycles. The molecule has 18 heavy (non-hydrogen) atoms. The second kappa shape index (κ2) is 5.14. The van der Waals surface area contributed by atoms with E-state index in [1.165, 1.54) is 31.7 Å². The molecule has 1 aromatic rings. The smallest absolute Gasteiger partial charge is 0.371 e. The van der Waals surface area contributed by atoms with E-state index in [2.05, 4.69) is 19.2 Å². The highest BCUT2D eigenvalue weighted by molar-refractivity contribution is 5.84. The van der Waals surface area contributed by atoms with Crippen molar-refractivity contribution in [2.75, 3.05) is 0 Å². The highest BCUT2D eigenvalue weighted by atomic mass is 16.4. The summed E-state index contributed by atoms with van der Waals surface area (Å²) in [6.45, 7) is 5.17. The zero-order valence-electron chi connectivity index (χ0n) is 11.0. The molecule has 1 unspecified atom stereocenters. The predicted molar refractivity (Wildman–Crippen MR) is 68.5 cm³/mol. The lowest BCUT2D eigenvalue weighted by molar-refractivity contribution is 0.0659. The zero-order valence-corrected chi connectivity index (χ0v) is 11.0. The third-order valence-corrected chi connectivity index (χ3v) is 3.90. The molecular weight excluding hydrogens is 230 g/mol. The summed E-state index contributed by atoms with van der Waals surface area (Å²) in [5, 5.41) is 12.3. The molecule has 0 bridgehead atoms. The first kappa shape index (κ1) is 13.1. The van der Waals surface area contributed by atoms with Crippen LogP contribution >= 0.6 is 0 Å². The summed E-state index contributed by atoms with van der Waals surface area (Å²) in [5.41, 5.74) is 0.306. The Morgan fingerprint density at radius 2 is 2.28 bits per heavy atom. The highest BCUT2D eigenvalue weighted by Gasteiger charge is 2.31. The zero-order chi connectivity index (χ0) is 13.2. The number of carbonyl (C=O) groups is 1. The lowest BCUT2D eigenvalue weighted by Crippen LogP contribution is -2.43. The number of carboxylic acid groups (broad SMARTS) is 1. The van der Waals surface area contributed by atoms with Crippen molar-refractivity contribution in [3.63, 3.8) is 0 Å². The third kappa shape index (κ3) is 2.93. The van der Waals surface area contributed by atoms with E-state index < -0.39 is 5.97 Å². The molecule has 0 aliphatic heterocycles. The van der Waals surface area contributed by atoms with Crippen molar-refractivity contribution in [1.82, 2.24) is 5.32 Å². The molecule has 1 aromatic heterocycles. The minimum absolute atomic E-state index is 0.00899. The van der Waals surface area contributed by atoms with Crippen LogP contribution in [0.1, 0.15) is 55.8 Å². The summed E-state index contributed by atoms with van der Waals surface area (Å²) >= 11 is 0. The Kier molecular flexibility index (Phi) is 3.76. The van der Waals surface area contributed by atoms with Gasteiger partial charge in [0.25, 0.3) is 0 Å². The Hall–Kier alpha value is -1.29. The van der Waals surface area contributed by atoms with Gasteiger partial charge in [0.1, 0.15) is 5.76 Å². The average Bonchev–Trinajstić information content (AvgIpc) is 2.76. The molecule has 1 aliphatic carbocycles. The van der Waals surface area contributed by atoms with E-state index in [4.69, 9.17) is 9.52 Å². The molecule has 1 aliphatic rings. The summed E-state index contributed by atoms with van der Waals surface area (Å²) in [7, 11) is 0. The number of carboxylic acids is 1. The summed E-state index contributed by atoms with van der Waals surface area (Å²) in [6.07, 6.45) is 4.98. The van der Waals surface area contributed by atoms with E-state index >= 15 is 0 Å². The number of rotatable bonds is 4. The van der Waals surface area contributed by atoms with Gasteiger partial charge in [-0.3, -0.25) is 0 Å². The lowest BCUT2D eigenvalue weighted by atomic mass is 9.73. The molecule has 0 radical (unpaired) electrons. The number of hydrogen-bond acceptors (Lipinski definition) is 3. The fraction of sp³-hybridized carbons (Fsp3) is 0.643. The predicted octanol–water partition coefficient (Wildman–Crippen LogP) is 3.04. The Morgan fingerprint density at radius 1 is 1.50 bits per heavy atom. The molecule has 1 heterocycles. The van der Waals surface area contributed by atoms with Crippen molar-refractivity contribution in [2.45, 2.75) is 52.1 Å².